The Kier molecular flexibility index (Phi) is 3.65. The number of carboxylic acids is 2. The average Bonchev–Trinajstić information content (AvgIpc) is 3.10. The number of aromatic nitrogens is 6. The standard InChI is InChI=1S/C7H5N3O2.C3H3N3O2/c11-7(12)4-1-2-5-6(3-4)9-10-8-5;7-3(8)2-1-4-6-5-2/h1-3H,(H,11,12)(H,8,9,10);1H,(H,7,8)(H,4,5,6). The summed E-state index contributed by atoms with van der Waals surface area (Å²) in [5.41, 5.74) is 1.45. The van der Waals surface area contributed by atoms with Crippen LogP contribution in [0.2, 0.25) is 0 Å². The Morgan fingerprint density at radius 2 is 1.85 bits per heavy atom. The smallest absolute Gasteiger partial charge is 0.358 e. The number of nitrogens with zero attached hydrogens (tertiary/aromatic N) is 4. The maximum atomic E-state index is 10.5. The third-order valence-corrected chi connectivity index (χ3v) is 2.21. The highest BCUT2D eigenvalue weighted by Gasteiger charge is 2.04. The molecule has 0 amide bonds. The molecule has 0 radical (unpaired) electrons. The third kappa shape index (κ3) is 2.93. The van der Waals surface area contributed by atoms with Crippen molar-refractivity contribution in [1.29, 1.82) is 0 Å². The van der Waals surface area contributed by atoms with E-state index >= 15 is 0 Å². The molecule has 0 bridgehead atoms. The Balaban J connectivity index is 0.000000160. The van der Waals surface area contributed by atoms with Gasteiger partial charge in [0.25, 0.3) is 0 Å². The predicted molar refractivity (Wildman–Crippen MR) is 64.2 cm³/mol. The van der Waals surface area contributed by atoms with Crippen molar-refractivity contribution >= 4 is 23.0 Å². The number of hydrogen-bond donors (Lipinski definition) is 4. The first kappa shape index (κ1) is 13.1. The summed E-state index contributed by atoms with van der Waals surface area (Å²) >= 11 is 0. The molecule has 1 aromatic carbocycles. The number of aromatic amines is 2. The summed E-state index contributed by atoms with van der Waals surface area (Å²) in [6.07, 6.45) is 1.21. The van der Waals surface area contributed by atoms with Gasteiger partial charge < -0.3 is 10.2 Å². The lowest BCUT2D eigenvalue weighted by Crippen LogP contribution is -1.95. The van der Waals surface area contributed by atoms with Gasteiger partial charge in [-0.1, -0.05) is 10.4 Å². The van der Waals surface area contributed by atoms with Crippen LogP contribution in [0, 0.1) is 0 Å². The van der Waals surface area contributed by atoms with E-state index in [1.165, 1.54) is 18.3 Å². The van der Waals surface area contributed by atoms with Gasteiger partial charge >= 0.3 is 11.9 Å². The van der Waals surface area contributed by atoms with Gasteiger partial charge in [-0.3, -0.25) is 10.2 Å². The van der Waals surface area contributed by atoms with Gasteiger partial charge in [0.05, 0.1) is 17.3 Å². The zero-order valence-electron chi connectivity index (χ0n) is 9.81. The third-order valence-electron chi connectivity index (χ3n) is 2.21. The van der Waals surface area contributed by atoms with Crippen molar-refractivity contribution in [3.63, 3.8) is 0 Å². The zero-order valence-corrected chi connectivity index (χ0v) is 9.81. The summed E-state index contributed by atoms with van der Waals surface area (Å²) in [7, 11) is 0. The Morgan fingerprint density at radius 1 is 1.05 bits per heavy atom. The Morgan fingerprint density at radius 3 is 2.40 bits per heavy atom. The molecule has 0 aliphatic carbocycles. The number of nitrogens with one attached hydrogen (secondary N) is 2. The molecule has 102 valence electrons. The van der Waals surface area contributed by atoms with Crippen molar-refractivity contribution in [2.45, 2.75) is 0 Å². The van der Waals surface area contributed by atoms with E-state index in [9.17, 15) is 9.59 Å². The fourth-order valence-electron chi connectivity index (χ4n) is 1.28. The summed E-state index contributed by atoms with van der Waals surface area (Å²) < 4.78 is 0. The topological polar surface area (TPSA) is 158 Å². The number of carboxylic acid groups (broad SMARTS) is 2. The number of hydrogen-bond acceptors (Lipinski definition) is 6. The second kappa shape index (κ2) is 5.56. The molecule has 2 heterocycles. The van der Waals surface area contributed by atoms with Crippen LogP contribution in [0.1, 0.15) is 20.8 Å². The summed E-state index contributed by atoms with van der Waals surface area (Å²) in [5, 5.41) is 35.3. The van der Waals surface area contributed by atoms with Crippen LogP contribution in [-0.4, -0.2) is 53.0 Å². The molecule has 0 atom stereocenters. The van der Waals surface area contributed by atoms with Gasteiger partial charge in [-0.2, -0.15) is 0 Å². The molecule has 0 aliphatic rings. The highest BCUT2D eigenvalue weighted by atomic mass is 16.4. The van der Waals surface area contributed by atoms with Gasteiger partial charge in [0.1, 0.15) is 5.52 Å². The molecule has 0 aliphatic heterocycles. The van der Waals surface area contributed by atoms with Gasteiger partial charge in [0.15, 0.2) is 5.69 Å². The fraction of sp³-hybridized carbons (Fsp3) is 0. The fourth-order valence-corrected chi connectivity index (χ4v) is 1.28. The number of benzene rings is 1. The van der Waals surface area contributed by atoms with Gasteiger partial charge in [-0.25, -0.2) is 9.59 Å². The first-order valence-corrected chi connectivity index (χ1v) is 5.22. The molecular weight excluding hydrogens is 268 g/mol. The van der Waals surface area contributed by atoms with Crippen LogP contribution in [-0.2, 0) is 0 Å². The van der Waals surface area contributed by atoms with Crippen LogP contribution in [0.4, 0.5) is 0 Å². The number of aromatic carboxylic acids is 2. The monoisotopic (exact) mass is 276 g/mol. The molecular formula is C10H8N6O4. The van der Waals surface area contributed by atoms with Gasteiger partial charge in [0, 0.05) is 0 Å². The molecule has 10 nitrogen and oxygen atoms in total. The Hall–Kier alpha value is -3.30. The van der Waals surface area contributed by atoms with E-state index in [0.717, 1.165) is 5.52 Å². The van der Waals surface area contributed by atoms with Crippen LogP contribution in [0.3, 0.4) is 0 Å². The molecule has 2 aromatic heterocycles. The van der Waals surface area contributed by atoms with Crippen molar-refractivity contribution in [2.75, 3.05) is 0 Å². The molecule has 0 spiro atoms. The van der Waals surface area contributed by atoms with Crippen molar-refractivity contribution in [2.24, 2.45) is 0 Å². The number of H-pyrrole nitrogens is 2. The SMILES string of the molecule is O=C(O)c1c[nH]nn1.O=C(O)c1ccc2[nH]nnc2c1. The van der Waals surface area contributed by atoms with E-state index in [0.29, 0.717) is 5.52 Å². The maximum Gasteiger partial charge on any atom is 0.358 e. The van der Waals surface area contributed by atoms with E-state index in [2.05, 4.69) is 30.8 Å². The van der Waals surface area contributed by atoms with Crippen molar-refractivity contribution in [3.8, 4) is 0 Å². The van der Waals surface area contributed by atoms with Crippen molar-refractivity contribution in [3.05, 3.63) is 35.7 Å². The largest absolute Gasteiger partial charge is 0.478 e. The normalized spacial score (nSPS) is 9.80. The first-order valence-electron chi connectivity index (χ1n) is 5.22. The van der Waals surface area contributed by atoms with Crippen LogP contribution in [0.5, 0.6) is 0 Å². The quantitative estimate of drug-likeness (QED) is 0.515. The number of fused-ring (bicyclic) bond motifs is 1. The molecule has 0 unspecified atom stereocenters. The zero-order chi connectivity index (χ0) is 14.5. The van der Waals surface area contributed by atoms with E-state index < -0.39 is 11.9 Å². The van der Waals surface area contributed by atoms with E-state index in [-0.39, 0.29) is 11.3 Å². The van der Waals surface area contributed by atoms with E-state index in [4.69, 9.17) is 10.2 Å². The van der Waals surface area contributed by atoms with Gasteiger partial charge in [-0.05, 0) is 18.2 Å². The van der Waals surface area contributed by atoms with Crippen LogP contribution < -0.4 is 0 Å². The second-order valence-corrected chi connectivity index (χ2v) is 3.51. The summed E-state index contributed by atoms with van der Waals surface area (Å²) in [5.74, 6) is -2.03. The summed E-state index contributed by atoms with van der Waals surface area (Å²) in [6, 6.07) is 4.62. The lowest BCUT2D eigenvalue weighted by molar-refractivity contribution is 0.0682. The van der Waals surface area contributed by atoms with Crippen LogP contribution >= 0.6 is 0 Å². The van der Waals surface area contributed by atoms with Gasteiger partial charge in [0.2, 0.25) is 0 Å². The minimum atomic E-state index is -1.07. The highest BCUT2D eigenvalue weighted by Crippen LogP contribution is 2.09. The lowest BCUT2D eigenvalue weighted by atomic mass is 10.2. The van der Waals surface area contributed by atoms with E-state index in [1.54, 1.807) is 6.07 Å². The first-order chi connectivity index (χ1) is 9.58. The minimum absolute atomic E-state index is 0.0648. The maximum absolute atomic E-state index is 10.5. The average molecular weight is 276 g/mol. The molecule has 3 aromatic rings. The predicted octanol–water partition coefficient (Wildman–Crippen LogP) is 0.159. The molecule has 3 rings (SSSR count). The van der Waals surface area contributed by atoms with Crippen molar-refractivity contribution in [1.82, 2.24) is 30.8 Å². The molecule has 0 fully saturated rings. The lowest BCUT2D eigenvalue weighted by Gasteiger charge is -1.91. The summed E-state index contributed by atoms with van der Waals surface area (Å²) in [6.45, 7) is 0. The Bertz CT molecular complexity index is 735. The van der Waals surface area contributed by atoms with Crippen molar-refractivity contribution < 1.29 is 19.8 Å². The molecule has 0 saturated heterocycles. The number of rotatable bonds is 2. The van der Waals surface area contributed by atoms with Crippen LogP contribution in [0.15, 0.2) is 24.4 Å². The molecule has 0 saturated carbocycles. The molecule has 4 N–H and O–H groups in total. The van der Waals surface area contributed by atoms with Gasteiger partial charge in [-0.15, -0.1) is 10.2 Å². The van der Waals surface area contributed by atoms with E-state index in [1.807, 2.05) is 0 Å². The van der Waals surface area contributed by atoms with Crippen LogP contribution in [0.25, 0.3) is 11.0 Å². The molecule has 10 heteroatoms. The summed E-state index contributed by atoms with van der Waals surface area (Å²) in [4.78, 5) is 20.4. The second-order valence-electron chi connectivity index (χ2n) is 3.51. The highest BCUT2D eigenvalue weighted by molar-refractivity contribution is 5.91. The minimum Gasteiger partial charge on any atom is -0.478 e. The number of carbonyl (C=O) groups is 2. The Labute approximate surface area is 110 Å². The molecule has 20 heavy (non-hydrogen) atoms.